The number of carbonyl (C=O) groups excluding carboxylic acids is 1. The fraction of sp³-hybridized carbons (Fsp3) is 0.412. The molecule has 3 aliphatic heterocycles. The van der Waals surface area contributed by atoms with Crippen LogP contribution in [0.15, 0.2) is 33.5 Å². The van der Waals surface area contributed by atoms with Crippen molar-refractivity contribution in [1.82, 2.24) is 20.4 Å². The third kappa shape index (κ3) is 3.68. The molecule has 1 aromatic carbocycles. The van der Waals surface area contributed by atoms with Crippen LogP contribution in [0.1, 0.15) is 28.2 Å². The van der Waals surface area contributed by atoms with E-state index in [0.717, 1.165) is 15.8 Å². The number of hydrogen-bond acceptors (Lipinski definition) is 7. The van der Waals surface area contributed by atoms with Gasteiger partial charge in [0.05, 0.1) is 0 Å². The number of carbonyl (C=O) groups is 1. The molecule has 1 N–H and O–H groups in total. The van der Waals surface area contributed by atoms with E-state index in [1.54, 1.807) is 0 Å². The molecular formula is C17H17N5OS2. The van der Waals surface area contributed by atoms with Crippen LogP contribution in [0.25, 0.3) is 0 Å². The first-order valence-electron chi connectivity index (χ1n) is 8.26. The van der Waals surface area contributed by atoms with Gasteiger partial charge in [-0.15, -0.1) is 10.2 Å². The molecule has 8 heteroatoms. The van der Waals surface area contributed by atoms with Crippen molar-refractivity contribution in [2.24, 2.45) is 5.92 Å². The number of benzene rings is 1. The third-order valence-electron chi connectivity index (χ3n) is 4.80. The minimum absolute atomic E-state index is 0.00187. The molecule has 5 rings (SSSR count). The summed E-state index contributed by atoms with van der Waals surface area (Å²) in [4.78, 5) is 15.9. The highest BCUT2D eigenvalue weighted by molar-refractivity contribution is 8.01. The monoisotopic (exact) mass is 371 g/mol. The maximum Gasteiger partial charge on any atom is 0.251 e. The molecule has 0 spiro atoms. The number of amides is 1. The zero-order chi connectivity index (χ0) is 17.2. The second-order valence-corrected chi connectivity index (χ2v) is 8.63. The molecule has 0 aliphatic carbocycles. The lowest BCUT2D eigenvalue weighted by Crippen LogP contribution is -2.57. The zero-order valence-electron chi connectivity index (χ0n) is 13.5. The molecule has 1 atom stereocenters. The highest BCUT2D eigenvalue weighted by Gasteiger charge is 2.34. The molecule has 0 saturated carbocycles. The molecule has 4 heterocycles. The fourth-order valence-electron chi connectivity index (χ4n) is 3.45. The van der Waals surface area contributed by atoms with E-state index in [0.29, 0.717) is 16.5 Å². The Kier molecular flexibility index (Phi) is 4.70. The Hall–Kier alpha value is -1.95. The number of nitrogens with zero attached hydrogens (tertiary/aromatic N) is 4. The molecule has 128 valence electrons. The van der Waals surface area contributed by atoms with Gasteiger partial charge in [-0.05, 0) is 56.1 Å². The fourth-order valence-corrected chi connectivity index (χ4v) is 5.07. The lowest BCUT2D eigenvalue weighted by molar-refractivity contribution is 0.0620. The van der Waals surface area contributed by atoms with E-state index in [1.807, 2.05) is 30.3 Å². The van der Waals surface area contributed by atoms with Crippen LogP contribution in [-0.2, 0) is 0 Å². The SMILES string of the molecule is N#Cc1nnc(Sc2ccc(C(=O)N[C@H]3CN4CCC3CC4)cc2)s1. The first kappa shape index (κ1) is 16.5. The molecular weight excluding hydrogens is 354 g/mol. The molecule has 3 fully saturated rings. The number of rotatable bonds is 4. The van der Waals surface area contributed by atoms with Crippen LogP contribution in [-0.4, -0.2) is 46.7 Å². The summed E-state index contributed by atoms with van der Waals surface area (Å²) in [6.07, 6.45) is 2.38. The summed E-state index contributed by atoms with van der Waals surface area (Å²) in [7, 11) is 0. The number of piperidine rings is 3. The quantitative estimate of drug-likeness (QED) is 0.889. The Morgan fingerprint density at radius 1 is 1.28 bits per heavy atom. The largest absolute Gasteiger partial charge is 0.348 e. The van der Waals surface area contributed by atoms with Crippen molar-refractivity contribution in [2.75, 3.05) is 19.6 Å². The second kappa shape index (κ2) is 7.12. The van der Waals surface area contributed by atoms with Gasteiger partial charge in [-0.3, -0.25) is 4.79 Å². The van der Waals surface area contributed by atoms with E-state index in [1.165, 1.54) is 49.0 Å². The van der Waals surface area contributed by atoms with Crippen molar-refractivity contribution in [3.63, 3.8) is 0 Å². The molecule has 0 unspecified atom stereocenters. The van der Waals surface area contributed by atoms with Gasteiger partial charge in [-0.25, -0.2) is 0 Å². The van der Waals surface area contributed by atoms with Crippen molar-refractivity contribution in [3.05, 3.63) is 34.8 Å². The average Bonchev–Trinajstić information content (AvgIpc) is 3.11. The highest BCUT2D eigenvalue weighted by atomic mass is 32.2. The van der Waals surface area contributed by atoms with E-state index < -0.39 is 0 Å². The normalized spacial score (nSPS) is 24.7. The first-order valence-corrected chi connectivity index (χ1v) is 9.89. The van der Waals surface area contributed by atoms with Crippen molar-refractivity contribution in [1.29, 1.82) is 5.26 Å². The van der Waals surface area contributed by atoms with E-state index >= 15 is 0 Å². The lowest BCUT2D eigenvalue weighted by atomic mass is 9.84. The summed E-state index contributed by atoms with van der Waals surface area (Å²) < 4.78 is 0.723. The molecule has 1 amide bonds. The van der Waals surface area contributed by atoms with Crippen LogP contribution >= 0.6 is 23.1 Å². The molecule has 6 nitrogen and oxygen atoms in total. The van der Waals surface area contributed by atoms with Gasteiger partial charge in [-0.2, -0.15) is 5.26 Å². The number of fused-ring (bicyclic) bond motifs is 3. The Labute approximate surface area is 154 Å². The summed E-state index contributed by atoms with van der Waals surface area (Å²) in [6.45, 7) is 3.31. The topological polar surface area (TPSA) is 81.9 Å². The first-order chi connectivity index (χ1) is 12.2. The van der Waals surface area contributed by atoms with Gasteiger partial charge in [0.25, 0.3) is 5.91 Å². The molecule has 3 saturated heterocycles. The average molecular weight is 371 g/mol. The molecule has 3 aliphatic rings. The van der Waals surface area contributed by atoms with Gasteiger partial charge >= 0.3 is 0 Å². The van der Waals surface area contributed by atoms with E-state index in [2.05, 4.69) is 20.4 Å². The number of nitriles is 1. The van der Waals surface area contributed by atoms with Crippen LogP contribution in [0.2, 0.25) is 0 Å². The van der Waals surface area contributed by atoms with E-state index in [-0.39, 0.29) is 11.9 Å². The summed E-state index contributed by atoms with van der Waals surface area (Å²) >= 11 is 2.71. The predicted octanol–water partition coefficient (Wildman–Crippen LogP) is 2.38. The van der Waals surface area contributed by atoms with Crippen LogP contribution in [0.3, 0.4) is 0 Å². The maximum absolute atomic E-state index is 12.5. The predicted molar refractivity (Wildman–Crippen MR) is 95.6 cm³/mol. The van der Waals surface area contributed by atoms with Gasteiger partial charge in [0.15, 0.2) is 4.34 Å². The van der Waals surface area contributed by atoms with Crippen LogP contribution in [0, 0.1) is 17.2 Å². The Balaban J connectivity index is 1.38. The van der Waals surface area contributed by atoms with Crippen molar-refractivity contribution in [2.45, 2.75) is 28.1 Å². The van der Waals surface area contributed by atoms with Gasteiger partial charge in [0.2, 0.25) is 5.01 Å². The molecule has 2 bridgehead atoms. The van der Waals surface area contributed by atoms with E-state index in [9.17, 15) is 4.79 Å². The van der Waals surface area contributed by atoms with Crippen LogP contribution in [0.4, 0.5) is 0 Å². The van der Waals surface area contributed by atoms with Gasteiger partial charge in [0, 0.05) is 23.0 Å². The minimum Gasteiger partial charge on any atom is -0.348 e. The van der Waals surface area contributed by atoms with Gasteiger partial charge in [0.1, 0.15) is 6.07 Å². The molecule has 1 aromatic heterocycles. The summed E-state index contributed by atoms with van der Waals surface area (Å²) in [6, 6.07) is 9.75. The Morgan fingerprint density at radius 3 is 2.64 bits per heavy atom. The molecule has 0 radical (unpaired) electrons. The number of hydrogen-bond donors (Lipinski definition) is 1. The summed E-state index contributed by atoms with van der Waals surface area (Å²) in [5.41, 5.74) is 0.677. The van der Waals surface area contributed by atoms with Crippen molar-refractivity contribution in [3.8, 4) is 6.07 Å². The summed E-state index contributed by atoms with van der Waals surface area (Å²) in [5, 5.41) is 20.1. The highest BCUT2D eigenvalue weighted by Crippen LogP contribution is 2.30. The zero-order valence-corrected chi connectivity index (χ0v) is 15.1. The number of nitrogens with one attached hydrogen (secondary N) is 1. The Bertz CT molecular complexity index is 805. The Morgan fingerprint density at radius 2 is 2.04 bits per heavy atom. The van der Waals surface area contributed by atoms with Gasteiger partial charge in [-0.1, -0.05) is 23.1 Å². The summed E-state index contributed by atoms with van der Waals surface area (Å²) in [5.74, 6) is 0.619. The minimum atomic E-state index is -0.00187. The third-order valence-corrected chi connectivity index (χ3v) is 6.68. The van der Waals surface area contributed by atoms with Crippen molar-refractivity contribution < 1.29 is 4.79 Å². The standard InChI is InChI=1S/C17H17N5OS2/c18-9-15-20-21-17(25-15)24-13-3-1-12(2-4-13)16(23)19-14-10-22-7-5-11(14)6-8-22/h1-4,11,14H,5-8,10H2,(H,19,23)/t14-/m0/s1. The molecule has 2 aromatic rings. The number of aromatic nitrogens is 2. The van der Waals surface area contributed by atoms with Crippen molar-refractivity contribution >= 4 is 29.0 Å². The molecule has 25 heavy (non-hydrogen) atoms. The lowest BCUT2D eigenvalue weighted by Gasteiger charge is -2.44. The van der Waals surface area contributed by atoms with Crippen LogP contribution < -0.4 is 5.32 Å². The smallest absolute Gasteiger partial charge is 0.251 e. The van der Waals surface area contributed by atoms with Crippen LogP contribution in [0.5, 0.6) is 0 Å². The second-order valence-electron chi connectivity index (χ2n) is 6.33. The maximum atomic E-state index is 12.5. The van der Waals surface area contributed by atoms with Gasteiger partial charge < -0.3 is 10.2 Å². The van der Waals surface area contributed by atoms with E-state index in [4.69, 9.17) is 5.26 Å².